The molecule has 3 amide bonds. The van der Waals surface area contributed by atoms with Crippen LogP contribution in [0.5, 0.6) is 0 Å². The zero-order valence-electron chi connectivity index (χ0n) is 17.9. The molecule has 1 saturated heterocycles. The Morgan fingerprint density at radius 1 is 1.10 bits per heavy atom. The molecular weight excluding hydrogens is 394 g/mol. The number of carboxylic acids is 1. The molecule has 164 valence electrons. The first-order valence-electron chi connectivity index (χ1n) is 9.42. The van der Waals surface area contributed by atoms with Gasteiger partial charge in [0.05, 0.1) is 5.92 Å². The van der Waals surface area contributed by atoms with Crippen molar-refractivity contribution in [3.8, 4) is 0 Å². The Hall–Kier alpha value is -3.17. The molecule has 2 N–H and O–H groups in total. The number of anilines is 1. The van der Waals surface area contributed by atoms with Gasteiger partial charge in [-0.05, 0) is 65.7 Å². The summed E-state index contributed by atoms with van der Waals surface area (Å²) >= 11 is 0. The highest BCUT2D eigenvalue weighted by Crippen LogP contribution is 2.25. The lowest BCUT2D eigenvalue weighted by molar-refractivity contribution is -0.153. The largest absolute Gasteiger partial charge is 0.480 e. The monoisotopic (exact) mass is 421 g/mol. The van der Waals surface area contributed by atoms with Crippen LogP contribution in [0.1, 0.15) is 47.1 Å². The number of carboxylic acid groups (broad SMARTS) is 1. The SMILES string of the molecule is CC(C)(C)OC(=O)N(C(=O)OC(C)(C)C)c1cc(CC2C(=O)NC2C(=O)O)ccn1. The number of rotatable bonds is 4. The summed E-state index contributed by atoms with van der Waals surface area (Å²) in [5.41, 5.74) is -1.20. The number of imide groups is 1. The molecule has 2 unspecified atom stereocenters. The molecule has 1 aliphatic rings. The molecular formula is C20H27N3O7. The van der Waals surface area contributed by atoms with Crippen molar-refractivity contribution in [2.24, 2.45) is 5.92 Å². The highest BCUT2D eigenvalue weighted by molar-refractivity contribution is 6.08. The predicted octanol–water partition coefficient (Wildman–Crippen LogP) is 2.50. The fraction of sp³-hybridized carbons (Fsp3) is 0.550. The molecule has 10 heteroatoms. The molecule has 2 atom stereocenters. The van der Waals surface area contributed by atoms with E-state index in [1.807, 2.05) is 0 Å². The number of amides is 3. The van der Waals surface area contributed by atoms with Gasteiger partial charge in [-0.3, -0.25) is 4.79 Å². The normalized spacial score (nSPS) is 18.7. The van der Waals surface area contributed by atoms with E-state index in [2.05, 4.69) is 10.3 Å². The van der Waals surface area contributed by atoms with Gasteiger partial charge >= 0.3 is 18.2 Å². The summed E-state index contributed by atoms with van der Waals surface area (Å²) in [6.07, 6.45) is -0.467. The summed E-state index contributed by atoms with van der Waals surface area (Å²) in [4.78, 5) is 53.1. The fourth-order valence-corrected chi connectivity index (χ4v) is 2.70. The van der Waals surface area contributed by atoms with E-state index in [1.165, 1.54) is 12.3 Å². The van der Waals surface area contributed by atoms with E-state index in [-0.39, 0.29) is 18.1 Å². The minimum atomic E-state index is -1.13. The summed E-state index contributed by atoms with van der Waals surface area (Å²) in [6, 6.07) is 2.02. The lowest BCUT2D eigenvalue weighted by atomic mass is 9.85. The fourth-order valence-electron chi connectivity index (χ4n) is 2.70. The number of carbonyl (C=O) groups excluding carboxylic acids is 3. The van der Waals surface area contributed by atoms with Crippen molar-refractivity contribution >= 4 is 29.9 Å². The average Bonchev–Trinajstić information content (AvgIpc) is 2.54. The Balaban J connectivity index is 2.33. The third-order valence-electron chi connectivity index (χ3n) is 3.95. The summed E-state index contributed by atoms with van der Waals surface area (Å²) in [6.45, 7) is 9.94. The number of β-lactam (4-membered cyclic amide) rings is 1. The maximum Gasteiger partial charge on any atom is 0.425 e. The van der Waals surface area contributed by atoms with Gasteiger partial charge < -0.3 is 19.9 Å². The van der Waals surface area contributed by atoms with E-state index < -0.39 is 41.3 Å². The predicted molar refractivity (Wildman–Crippen MR) is 106 cm³/mol. The lowest BCUT2D eigenvalue weighted by Gasteiger charge is -2.33. The Labute approximate surface area is 174 Å². The summed E-state index contributed by atoms with van der Waals surface area (Å²) < 4.78 is 10.6. The third-order valence-corrected chi connectivity index (χ3v) is 3.95. The van der Waals surface area contributed by atoms with Crippen LogP contribution >= 0.6 is 0 Å². The van der Waals surface area contributed by atoms with E-state index in [1.54, 1.807) is 47.6 Å². The number of aromatic nitrogens is 1. The third kappa shape index (κ3) is 5.91. The molecule has 1 aromatic heterocycles. The molecule has 1 fully saturated rings. The first-order valence-corrected chi connectivity index (χ1v) is 9.42. The van der Waals surface area contributed by atoms with Crippen LogP contribution in [0.15, 0.2) is 18.3 Å². The molecule has 0 radical (unpaired) electrons. The number of nitrogens with zero attached hydrogens (tertiary/aromatic N) is 2. The van der Waals surface area contributed by atoms with Crippen LogP contribution in [0.2, 0.25) is 0 Å². The minimum Gasteiger partial charge on any atom is -0.480 e. The molecule has 0 aliphatic carbocycles. The molecule has 0 bridgehead atoms. The van der Waals surface area contributed by atoms with Crippen molar-refractivity contribution in [2.75, 3.05) is 4.90 Å². The van der Waals surface area contributed by atoms with Gasteiger partial charge in [0.15, 0.2) is 0 Å². The first-order chi connectivity index (χ1) is 13.7. The molecule has 0 saturated carbocycles. The van der Waals surface area contributed by atoms with E-state index in [0.717, 1.165) is 0 Å². The highest BCUT2D eigenvalue weighted by Gasteiger charge is 2.44. The smallest absolute Gasteiger partial charge is 0.425 e. The van der Waals surface area contributed by atoms with E-state index in [0.29, 0.717) is 10.5 Å². The molecule has 30 heavy (non-hydrogen) atoms. The molecule has 10 nitrogen and oxygen atoms in total. The lowest BCUT2D eigenvalue weighted by Crippen LogP contribution is -2.62. The Kier molecular flexibility index (Phi) is 6.39. The van der Waals surface area contributed by atoms with Crippen molar-refractivity contribution in [1.82, 2.24) is 10.3 Å². The average molecular weight is 421 g/mol. The maximum absolute atomic E-state index is 12.7. The number of ether oxygens (including phenoxy) is 2. The van der Waals surface area contributed by atoms with E-state index in [4.69, 9.17) is 14.6 Å². The maximum atomic E-state index is 12.7. The summed E-state index contributed by atoms with van der Waals surface area (Å²) in [5.74, 6) is -2.31. The highest BCUT2D eigenvalue weighted by atomic mass is 16.6. The van der Waals surface area contributed by atoms with Gasteiger partial charge in [-0.15, -0.1) is 0 Å². The molecule has 2 rings (SSSR count). The van der Waals surface area contributed by atoms with Crippen LogP contribution in [-0.2, 0) is 25.5 Å². The Bertz CT molecular complexity index is 827. The van der Waals surface area contributed by atoms with Crippen molar-refractivity contribution in [3.63, 3.8) is 0 Å². The molecule has 0 spiro atoms. The minimum absolute atomic E-state index is 0.0531. The Morgan fingerprint density at radius 2 is 1.63 bits per heavy atom. The van der Waals surface area contributed by atoms with Crippen LogP contribution in [0.4, 0.5) is 15.4 Å². The number of carbonyl (C=O) groups is 4. The van der Waals surface area contributed by atoms with Crippen LogP contribution < -0.4 is 10.2 Å². The van der Waals surface area contributed by atoms with Crippen molar-refractivity contribution in [1.29, 1.82) is 0 Å². The second-order valence-corrected chi connectivity index (χ2v) is 8.95. The van der Waals surface area contributed by atoms with Crippen LogP contribution in [0.3, 0.4) is 0 Å². The van der Waals surface area contributed by atoms with E-state index in [9.17, 15) is 19.2 Å². The summed E-state index contributed by atoms with van der Waals surface area (Å²) in [7, 11) is 0. The number of pyridine rings is 1. The topological polar surface area (TPSA) is 135 Å². The van der Waals surface area contributed by atoms with Gasteiger partial charge in [0, 0.05) is 6.20 Å². The molecule has 0 aromatic carbocycles. The number of aliphatic carboxylic acids is 1. The second-order valence-electron chi connectivity index (χ2n) is 8.95. The molecule has 2 heterocycles. The number of hydrogen-bond donors (Lipinski definition) is 2. The van der Waals surface area contributed by atoms with Gasteiger partial charge in [0.1, 0.15) is 23.1 Å². The van der Waals surface area contributed by atoms with Gasteiger partial charge in [-0.2, -0.15) is 4.90 Å². The van der Waals surface area contributed by atoms with Crippen molar-refractivity contribution < 1.29 is 33.8 Å². The zero-order chi connectivity index (χ0) is 22.9. The van der Waals surface area contributed by atoms with Crippen LogP contribution in [0.25, 0.3) is 0 Å². The van der Waals surface area contributed by atoms with Crippen LogP contribution in [-0.4, -0.2) is 51.4 Å². The van der Waals surface area contributed by atoms with E-state index >= 15 is 0 Å². The standard InChI is InChI=1S/C20H27N3O7/c1-19(2,3)29-17(27)23(18(28)30-20(4,5)6)13-10-11(7-8-21-13)9-12-14(16(25)26)22-15(12)24/h7-8,10,12,14H,9H2,1-6H3,(H,22,24)(H,25,26). The quantitative estimate of drug-likeness (QED) is 0.708. The number of nitrogens with one attached hydrogen (secondary N) is 1. The Morgan fingerprint density at radius 3 is 2.07 bits per heavy atom. The van der Waals surface area contributed by atoms with Gasteiger partial charge in [0.25, 0.3) is 0 Å². The van der Waals surface area contributed by atoms with Gasteiger partial charge in [-0.25, -0.2) is 19.4 Å². The molecule has 1 aromatic rings. The number of hydrogen-bond acceptors (Lipinski definition) is 7. The zero-order valence-corrected chi connectivity index (χ0v) is 17.9. The van der Waals surface area contributed by atoms with Crippen molar-refractivity contribution in [2.45, 2.75) is 65.2 Å². The van der Waals surface area contributed by atoms with Crippen molar-refractivity contribution in [3.05, 3.63) is 23.9 Å². The second kappa shape index (κ2) is 8.29. The van der Waals surface area contributed by atoms with Gasteiger partial charge in [0.2, 0.25) is 5.91 Å². The summed E-state index contributed by atoms with van der Waals surface area (Å²) in [5, 5.41) is 11.5. The first kappa shape index (κ1) is 23.1. The van der Waals surface area contributed by atoms with Gasteiger partial charge in [-0.1, -0.05) is 0 Å². The molecule has 1 aliphatic heterocycles. The van der Waals surface area contributed by atoms with Crippen LogP contribution in [0, 0.1) is 5.92 Å².